The minimum atomic E-state index is -3.11. The third-order valence-corrected chi connectivity index (χ3v) is 6.09. The Bertz CT molecular complexity index is 583. The van der Waals surface area contributed by atoms with Gasteiger partial charge in [0, 0.05) is 31.4 Å². The second-order valence-electron chi connectivity index (χ2n) is 6.43. The van der Waals surface area contributed by atoms with Crippen molar-refractivity contribution in [1.29, 1.82) is 0 Å². The molecule has 1 N–H and O–H groups in total. The third-order valence-electron chi connectivity index (χ3n) is 4.97. The number of sulfone groups is 1. The molecule has 5 heteroatoms. The molecule has 2 aliphatic heterocycles. The number of nitrogens with one attached hydrogen (secondary N) is 1. The molecule has 4 nitrogen and oxygen atoms in total. The average molecular weight is 308 g/mol. The molecule has 0 amide bonds. The first kappa shape index (κ1) is 15.0. The first-order valence-corrected chi connectivity index (χ1v) is 9.62. The maximum atomic E-state index is 11.5. The van der Waals surface area contributed by atoms with Crippen LogP contribution in [0.4, 0.5) is 0 Å². The Kier molecular flexibility index (Phi) is 4.08. The third kappa shape index (κ3) is 3.15. The molecule has 0 saturated carbocycles. The highest BCUT2D eigenvalue weighted by Gasteiger charge is 2.36. The smallest absolute Gasteiger partial charge is 0.175 e. The van der Waals surface area contributed by atoms with E-state index in [1.54, 1.807) is 12.1 Å². The van der Waals surface area contributed by atoms with Gasteiger partial charge in [0.15, 0.2) is 9.84 Å². The molecule has 1 aromatic rings. The number of nitrogens with zero attached hydrogens (tertiary/aromatic N) is 1. The second-order valence-corrected chi connectivity index (χ2v) is 8.45. The number of rotatable bonds is 3. The van der Waals surface area contributed by atoms with Crippen molar-refractivity contribution in [2.45, 2.75) is 36.7 Å². The number of piperidine rings is 1. The maximum absolute atomic E-state index is 11.5. The van der Waals surface area contributed by atoms with E-state index in [4.69, 9.17) is 0 Å². The summed E-state index contributed by atoms with van der Waals surface area (Å²) in [5, 5.41) is 3.63. The molecule has 0 spiro atoms. The highest BCUT2D eigenvalue weighted by Crippen LogP contribution is 2.31. The van der Waals surface area contributed by atoms with E-state index in [2.05, 4.69) is 17.1 Å². The van der Waals surface area contributed by atoms with E-state index in [0.717, 1.165) is 25.6 Å². The molecule has 0 aromatic heterocycles. The minimum Gasteiger partial charge on any atom is -0.312 e. The normalized spacial score (nSPS) is 28.3. The van der Waals surface area contributed by atoms with E-state index in [9.17, 15) is 8.42 Å². The molecular formula is C16H24N2O2S. The summed E-state index contributed by atoms with van der Waals surface area (Å²) < 4.78 is 23.0. The van der Waals surface area contributed by atoms with Crippen molar-refractivity contribution in [3.05, 3.63) is 29.8 Å². The van der Waals surface area contributed by atoms with Crippen LogP contribution < -0.4 is 5.32 Å². The first-order chi connectivity index (χ1) is 9.95. The predicted octanol–water partition coefficient (Wildman–Crippen LogP) is 1.83. The lowest BCUT2D eigenvalue weighted by atomic mass is 9.94. The van der Waals surface area contributed by atoms with Gasteiger partial charge in [0.2, 0.25) is 0 Å². The van der Waals surface area contributed by atoms with Crippen LogP contribution in [-0.2, 0) is 9.84 Å². The summed E-state index contributed by atoms with van der Waals surface area (Å²) in [5.74, 6) is 0.775. The van der Waals surface area contributed by atoms with Crippen molar-refractivity contribution in [3.8, 4) is 0 Å². The van der Waals surface area contributed by atoms with E-state index in [-0.39, 0.29) is 0 Å². The summed E-state index contributed by atoms with van der Waals surface area (Å²) in [4.78, 5) is 2.92. The number of likely N-dealkylation sites (tertiary alicyclic amines) is 1. The van der Waals surface area contributed by atoms with Crippen molar-refractivity contribution in [3.63, 3.8) is 0 Å². The topological polar surface area (TPSA) is 49.4 Å². The van der Waals surface area contributed by atoms with Gasteiger partial charge in [0.25, 0.3) is 0 Å². The lowest BCUT2D eigenvalue weighted by molar-refractivity contribution is 0.251. The van der Waals surface area contributed by atoms with Gasteiger partial charge in [-0.3, -0.25) is 4.90 Å². The number of benzene rings is 1. The fourth-order valence-corrected chi connectivity index (χ4v) is 4.23. The molecule has 3 rings (SSSR count). The van der Waals surface area contributed by atoms with E-state index >= 15 is 0 Å². The molecule has 2 saturated heterocycles. The fraction of sp³-hybridized carbons (Fsp3) is 0.625. The van der Waals surface area contributed by atoms with Gasteiger partial charge in [-0.2, -0.15) is 0 Å². The zero-order valence-corrected chi connectivity index (χ0v) is 13.6. The summed E-state index contributed by atoms with van der Waals surface area (Å²) >= 11 is 0. The van der Waals surface area contributed by atoms with E-state index in [0.29, 0.717) is 17.0 Å². The Morgan fingerprint density at radius 1 is 1.24 bits per heavy atom. The first-order valence-electron chi connectivity index (χ1n) is 7.72. The van der Waals surface area contributed by atoms with Gasteiger partial charge in [0.05, 0.1) is 4.90 Å². The number of fused-ring (bicyclic) bond motifs is 1. The fourth-order valence-electron chi connectivity index (χ4n) is 3.60. The van der Waals surface area contributed by atoms with Crippen LogP contribution in [0.15, 0.2) is 29.2 Å². The van der Waals surface area contributed by atoms with Crippen LogP contribution in [-0.4, -0.2) is 45.2 Å². The quantitative estimate of drug-likeness (QED) is 0.925. The summed E-state index contributed by atoms with van der Waals surface area (Å²) in [7, 11) is -3.11. The van der Waals surface area contributed by atoms with Crippen LogP contribution in [0.5, 0.6) is 0 Å². The number of hydrogen-bond donors (Lipinski definition) is 1. The van der Waals surface area contributed by atoms with E-state index in [1.807, 2.05) is 12.1 Å². The molecule has 3 atom stereocenters. The molecule has 1 aromatic carbocycles. The Hall–Kier alpha value is -0.910. The summed E-state index contributed by atoms with van der Waals surface area (Å²) in [6.45, 7) is 5.60. The van der Waals surface area contributed by atoms with Crippen molar-refractivity contribution in [2.24, 2.45) is 5.92 Å². The SMILES string of the molecule is CC(c1ccc(S(C)(=O)=O)cc1)N1CC2CCCNC2C1. The lowest BCUT2D eigenvalue weighted by Gasteiger charge is -2.25. The summed E-state index contributed by atoms with van der Waals surface area (Å²) in [5.41, 5.74) is 1.20. The van der Waals surface area contributed by atoms with E-state index in [1.165, 1.54) is 24.7 Å². The van der Waals surface area contributed by atoms with Gasteiger partial charge in [-0.05, 0) is 49.9 Å². The Labute approximate surface area is 127 Å². The zero-order valence-electron chi connectivity index (χ0n) is 12.7. The van der Waals surface area contributed by atoms with Gasteiger partial charge in [0.1, 0.15) is 0 Å². The molecule has 2 heterocycles. The second kappa shape index (κ2) is 5.71. The largest absolute Gasteiger partial charge is 0.312 e. The highest BCUT2D eigenvalue weighted by molar-refractivity contribution is 7.90. The van der Waals surface area contributed by atoms with Crippen molar-refractivity contribution in [2.75, 3.05) is 25.9 Å². The summed E-state index contributed by atoms with van der Waals surface area (Å²) in [6, 6.07) is 8.33. The van der Waals surface area contributed by atoms with Crippen molar-refractivity contribution in [1.82, 2.24) is 10.2 Å². The predicted molar refractivity (Wildman–Crippen MR) is 84.1 cm³/mol. The molecule has 2 aliphatic rings. The van der Waals surface area contributed by atoms with Gasteiger partial charge in [-0.25, -0.2) is 8.42 Å². The Morgan fingerprint density at radius 2 is 1.95 bits per heavy atom. The zero-order chi connectivity index (χ0) is 15.0. The maximum Gasteiger partial charge on any atom is 0.175 e. The monoisotopic (exact) mass is 308 g/mol. The van der Waals surface area contributed by atoms with Gasteiger partial charge >= 0.3 is 0 Å². The minimum absolute atomic E-state index is 0.339. The number of hydrogen-bond acceptors (Lipinski definition) is 4. The molecule has 0 aliphatic carbocycles. The average Bonchev–Trinajstić information content (AvgIpc) is 2.89. The molecule has 116 valence electrons. The van der Waals surface area contributed by atoms with Crippen LogP contribution >= 0.6 is 0 Å². The van der Waals surface area contributed by atoms with Crippen LogP contribution in [0.3, 0.4) is 0 Å². The van der Waals surface area contributed by atoms with Gasteiger partial charge in [-0.1, -0.05) is 12.1 Å². The highest BCUT2D eigenvalue weighted by atomic mass is 32.2. The molecule has 0 radical (unpaired) electrons. The molecular weight excluding hydrogens is 284 g/mol. The van der Waals surface area contributed by atoms with Crippen molar-refractivity contribution >= 4 is 9.84 Å². The van der Waals surface area contributed by atoms with Crippen LogP contribution in [0.1, 0.15) is 31.4 Å². The standard InChI is InChI=1S/C16H24N2O2S/c1-12(13-5-7-15(8-6-13)21(2,19)20)18-10-14-4-3-9-17-16(14)11-18/h5-8,12,14,16-17H,3-4,9-11H2,1-2H3. The Balaban J connectivity index is 1.72. The van der Waals surface area contributed by atoms with Crippen molar-refractivity contribution < 1.29 is 8.42 Å². The lowest BCUT2D eigenvalue weighted by Crippen LogP contribution is -2.40. The van der Waals surface area contributed by atoms with Crippen LogP contribution in [0.2, 0.25) is 0 Å². The molecule has 2 fully saturated rings. The Morgan fingerprint density at radius 3 is 2.57 bits per heavy atom. The molecule has 21 heavy (non-hydrogen) atoms. The van der Waals surface area contributed by atoms with Crippen LogP contribution in [0, 0.1) is 5.92 Å². The molecule has 0 bridgehead atoms. The van der Waals surface area contributed by atoms with E-state index < -0.39 is 9.84 Å². The van der Waals surface area contributed by atoms with Gasteiger partial charge < -0.3 is 5.32 Å². The van der Waals surface area contributed by atoms with Crippen LogP contribution in [0.25, 0.3) is 0 Å². The molecule has 3 unspecified atom stereocenters. The summed E-state index contributed by atoms with van der Waals surface area (Å²) in [6.07, 6.45) is 3.86. The van der Waals surface area contributed by atoms with Gasteiger partial charge in [-0.15, -0.1) is 0 Å².